The molecule has 0 atom stereocenters. The summed E-state index contributed by atoms with van der Waals surface area (Å²) in [5, 5.41) is 20.4. The first-order valence-corrected chi connectivity index (χ1v) is 6.24. The Balaban J connectivity index is 1.71. The van der Waals surface area contributed by atoms with Crippen LogP contribution in [0.25, 0.3) is 0 Å². The maximum Gasteiger partial charge on any atom is 0.278 e. The van der Waals surface area contributed by atoms with Crippen LogP contribution in [-0.2, 0) is 6.42 Å². The van der Waals surface area contributed by atoms with Crippen LogP contribution in [-0.4, -0.2) is 44.2 Å². The number of amides is 1. The number of H-pyrrole nitrogens is 1. The third-order valence-electron chi connectivity index (χ3n) is 3.21. The van der Waals surface area contributed by atoms with Crippen molar-refractivity contribution in [3.05, 3.63) is 23.7 Å². The first-order chi connectivity index (χ1) is 9.28. The van der Waals surface area contributed by atoms with E-state index in [1.54, 1.807) is 17.1 Å². The number of aromatic nitrogens is 5. The summed E-state index contributed by atoms with van der Waals surface area (Å²) in [7, 11) is 0. The summed E-state index contributed by atoms with van der Waals surface area (Å²) in [6, 6.07) is 0.299. The number of nitrogens with zero attached hydrogens (tertiary/aromatic N) is 4. The lowest BCUT2D eigenvalue weighted by atomic mass is 10.2. The molecular formula is C11H15N7O. The molecule has 100 valence electrons. The number of aromatic amines is 1. The summed E-state index contributed by atoms with van der Waals surface area (Å²) < 4.78 is 1.72. The number of carbonyl (C=O) groups is 1. The van der Waals surface area contributed by atoms with Crippen LogP contribution in [0.3, 0.4) is 0 Å². The zero-order valence-corrected chi connectivity index (χ0v) is 10.6. The van der Waals surface area contributed by atoms with E-state index < -0.39 is 0 Å². The average molecular weight is 261 g/mol. The van der Waals surface area contributed by atoms with Crippen molar-refractivity contribution < 1.29 is 4.79 Å². The molecule has 0 saturated carbocycles. The van der Waals surface area contributed by atoms with Crippen molar-refractivity contribution in [1.82, 2.24) is 30.5 Å². The highest BCUT2D eigenvalue weighted by atomic mass is 16.2. The Labute approximate surface area is 109 Å². The first kappa shape index (κ1) is 11.8. The van der Waals surface area contributed by atoms with Gasteiger partial charge < -0.3 is 10.6 Å². The Morgan fingerprint density at radius 2 is 2.42 bits per heavy atom. The minimum absolute atomic E-state index is 0.280. The second-order valence-electron chi connectivity index (χ2n) is 4.47. The zero-order chi connectivity index (χ0) is 13.2. The molecule has 1 fully saturated rings. The second kappa shape index (κ2) is 4.81. The van der Waals surface area contributed by atoms with Crippen LogP contribution in [0.15, 0.2) is 12.4 Å². The molecule has 1 saturated heterocycles. The van der Waals surface area contributed by atoms with Gasteiger partial charge in [-0.15, -0.1) is 5.10 Å². The maximum absolute atomic E-state index is 12.0. The topological polar surface area (TPSA) is 101 Å². The molecule has 0 radical (unpaired) electrons. The van der Waals surface area contributed by atoms with Gasteiger partial charge in [0, 0.05) is 18.7 Å². The van der Waals surface area contributed by atoms with Crippen LogP contribution in [0.5, 0.6) is 0 Å². The Hall–Kier alpha value is -2.22. The number of nitrogens with one attached hydrogen (secondary N) is 3. The zero-order valence-electron chi connectivity index (χ0n) is 10.6. The summed E-state index contributed by atoms with van der Waals surface area (Å²) in [6.45, 7) is 3.73. The number of carbonyl (C=O) groups excluding carboxylic acids is 1. The van der Waals surface area contributed by atoms with Gasteiger partial charge in [0.15, 0.2) is 5.69 Å². The molecule has 2 aromatic rings. The van der Waals surface area contributed by atoms with Crippen molar-refractivity contribution in [2.24, 2.45) is 0 Å². The average Bonchev–Trinajstić information content (AvgIpc) is 2.95. The Morgan fingerprint density at radius 1 is 1.58 bits per heavy atom. The summed E-state index contributed by atoms with van der Waals surface area (Å²) in [5.41, 5.74) is 1.27. The van der Waals surface area contributed by atoms with Crippen molar-refractivity contribution in [2.45, 2.75) is 19.4 Å². The molecule has 0 aliphatic carbocycles. The highest BCUT2D eigenvalue weighted by Crippen LogP contribution is 2.13. The molecule has 1 aliphatic rings. The van der Waals surface area contributed by atoms with E-state index >= 15 is 0 Å². The van der Waals surface area contributed by atoms with Crippen molar-refractivity contribution in [3.63, 3.8) is 0 Å². The van der Waals surface area contributed by atoms with Gasteiger partial charge in [-0.2, -0.15) is 5.10 Å². The second-order valence-corrected chi connectivity index (χ2v) is 4.47. The van der Waals surface area contributed by atoms with E-state index in [0.717, 1.165) is 25.1 Å². The van der Waals surface area contributed by atoms with Crippen molar-refractivity contribution in [3.8, 4) is 0 Å². The number of hydrogen-bond acceptors (Lipinski definition) is 5. The number of hydrogen-bond donors (Lipinski definition) is 3. The first-order valence-electron chi connectivity index (χ1n) is 6.24. The SMILES string of the molecule is CCc1cn[nH]c1NC(=O)c1cn(C2CNC2)nn1. The van der Waals surface area contributed by atoms with Crippen LogP contribution in [0.4, 0.5) is 5.82 Å². The fraction of sp³-hybridized carbons (Fsp3) is 0.455. The molecule has 8 heteroatoms. The standard InChI is InChI=1S/C11H15N7O/c1-2-7-3-13-16-10(7)14-11(19)9-6-18(17-15-9)8-4-12-5-8/h3,6,8,12H,2,4-5H2,1H3,(H2,13,14,16,19). The highest BCUT2D eigenvalue weighted by Gasteiger charge is 2.22. The molecule has 0 unspecified atom stereocenters. The van der Waals surface area contributed by atoms with Crippen molar-refractivity contribution in [1.29, 1.82) is 0 Å². The lowest BCUT2D eigenvalue weighted by molar-refractivity contribution is 0.102. The molecule has 3 N–H and O–H groups in total. The van der Waals surface area contributed by atoms with Gasteiger partial charge in [-0.1, -0.05) is 12.1 Å². The molecule has 0 bridgehead atoms. The van der Waals surface area contributed by atoms with E-state index in [-0.39, 0.29) is 5.91 Å². The molecule has 19 heavy (non-hydrogen) atoms. The van der Waals surface area contributed by atoms with Gasteiger partial charge in [0.2, 0.25) is 0 Å². The Bertz CT molecular complexity index is 583. The van der Waals surface area contributed by atoms with Gasteiger partial charge in [0.25, 0.3) is 5.91 Å². The third-order valence-corrected chi connectivity index (χ3v) is 3.21. The molecule has 1 amide bonds. The van der Waals surface area contributed by atoms with E-state index in [1.807, 2.05) is 6.92 Å². The lowest BCUT2D eigenvalue weighted by Gasteiger charge is -2.26. The largest absolute Gasteiger partial charge is 0.312 e. The van der Waals surface area contributed by atoms with Gasteiger partial charge in [-0.05, 0) is 6.42 Å². The molecule has 3 rings (SSSR count). The minimum atomic E-state index is -0.280. The van der Waals surface area contributed by atoms with E-state index in [2.05, 4.69) is 31.1 Å². The lowest BCUT2D eigenvalue weighted by Crippen LogP contribution is -2.43. The summed E-state index contributed by atoms with van der Waals surface area (Å²) >= 11 is 0. The molecule has 0 aromatic carbocycles. The monoisotopic (exact) mass is 261 g/mol. The Morgan fingerprint density at radius 3 is 3.11 bits per heavy atom. The fourth-order valence-corrected chi connectivity index (χ4v) is 1.88. The van der Waals surface area contributed by atoms with Crippen LogP contribution < -0.4 is 10.6 Å². The predicted octanol–water partition coefficient (Wildman–Crippen LogP) is -0.0398. The van der Waals surface area contributed by atoms with Crippen molar-refractivity contribution in [2.75, 3.05) is 18.4 Å². The fourth-order valence-electron chi connectivity index (χ4n) is 1.88. The third kappa shape index (κ3) is 2.22. The molecule has 8 nitrogen and oxygen atoms in total. The summed E-state index contributed by atoms with van der Waals surface area (Å²) in [5.74, 6) is 0.338. The number of aryl methyl sites for hydroxylation is 1. The highest BCUT2D eigenvalue weighted by molar-refractivity contribution is 6.02. The molecule has 2 aromatic heterocycles. The van der Waals surface area contributed by atoms with E-state index in [9.17, 15) is 4.79 Å². The van der Waals surface area contributed by atoms with E-state index in [0.29, 0.717) is 17.6 Å². The van der Waals surface area contributed by atoms with Crippen LogP contribution >= 0.6 is 0 Å². The van der Waals surface area contributed by atoms with Crippen molar-refractivity contribution >= 4 is 11.7 Å². The van der Waals surface area contributed by atoms with E-state index in [4.69, 9.17) is 0 Å². The molecular weight excluding hydrogens is 246 g/mol. The molecule has 0 spiro atoms. The van der Waals surface area contributed by atoms with Gasteiger partial charge in [-0.3, -0.25) is 9.89 Å². The number of rotatable bonds is 4. The van der Waals surface area contributed by atoms with E-state index in [1.165, 1.54) is 0 Å². The maximum atomic E-state index is 12.0. The normalized spacial score (nSPS) is 15.2. The van der Waals surface area contributed by atoms with Crippen LogP contribution in [0, 0.1) is 0 Å². The predicted molar refractivity (Wildman–Crippen MR) is 67.8 cm³/mol. The summed E-state index contributed by atoms with van der Waals surface area (Å²) in [6.07, 6.45) is 4.17. The van der Waals surface area contributed by atoms with Crippen LogP contribution in [0.2, 0.25) is 0 Å². The number of anilines is 1. The molecule has 1 aliphatic heterocycles. The quantitative estimate of drug-likeness (QED) is 0.717. The smallest absolute Gasteiger partial charge is 0.278 e. The van der Waals surface area contributed by atoms with Crippen LogP contribution in [0.1, 0.15) is 29.0 Å². The van der Waals surface area contributed by atoms with Gasteiger partial charge in [0.1, 0.15) is 5.82 Å². The summed E-state index contributed by atoms with van der Waals surface area (Å²) in [4.78, 5) is 12.0. The minimum Gasteiger partial charge on any atom is -0.312 e. The van der Waals surface area contributed by atoms with Gasteiger partial charge in [-0.25, -0.2) is 4.68 Å². The Kier molecular flexibility index (Phi) is 3.00. The van der Waals surface area contributed by atoms with Gasteiger partial charge >= 0.3 is 0 Å². The van der Waals surface area contributed by atoms with Gasteiger partial charge in [0.05, 0.1) is 18.4 Å². The molecule has 3 heterocycles.